The number of benzene rings is 2. The van der Waals surface area contributed by atoms with E-state index in [1.807, 2.05) is 37.3 Å². The summed E-state index contributed by atoms with van der Waals surface area (Å²) < 4.78 is 30.3. The third-order valence-electron chi connectivity index (χ3n) is 4.16. The number of hydrogen-bond acceptors (Lipinski definition) is 5. The van der Waals surface area contributed by atoms with Gasteiger partial charge in [-0.15, -0.1) is 0 Å². The van der Waals surface area contributed by atoms with Gasteiger partial charge in [0, 0.05) is 19.8 Å². The minimum absolute atomic E-state index is 0.121. The van der Waals surface area contributed by atoms with Crippen molar-refractivity contribution in [3.8, 4) is 0 Å². The van der Waals surface area contributed by atoms with Gasteiger partial charge in [-0.2, -0.15) is 0 Å². The average molecular weight is 404 g/mol. The van der Waals surface area contributed by atoms with Crippen molar-refractivity contribution >= 4 is 27.6 Å². The number of carbonyl (C=O) groups excluding carboxylic acids is 2. The second kappa shape index (κ2) is 9.48. The molecule has 1 atom stereocenters. The highest BCUT2D eigenvalue weighted by atomic mass is 32.2. The smallest absolute Gasteiger partial charge is 0.313 e. The van der Waals surface area contributed by atoms with Crippen LogP contribution in [0.25, 0.3) is 0 Å². The molecule has 0 saturated carbocycles. The number of ether oxygens (including phenoxy) is 1. The molecule has 0 aliphatic carbocycles. The zero-order valence-corrected chi connectivity index (χ0v) is 16.9. The van der Waals surface area contributed by atoms with Crippen LogP contribution < -0.4 is 5.32 Å². The number of sulfonamides is 1. The Morgan fingerprint density at radius 3 is 2.18 bits per heavy atom. The summed E-state index contributed by atoms with van der Waals surface area (Å²) in [4.78, 5) is 24.4. The number of nitrogens with one attached hydrogen (secondary N) is 1. The number of rotatable bonds is 8. The lowest BCUT2D eigenvalue weighted by Gasteiger charge is -2.15. The van der Waals surface area contributed by atoms with E-state index >= 15 is 0 Å². The largest absolute Gasteiger partial charge is 0.455 e. The summed E-state index contributed by atoms with van der Waals surface area (Å²) in [7, 11) is -0.645. The first-order chi connectivity index (χ1) is 13.3. The van der Waals surface area contributed by atoms with Crippen molar-refractivity contribution in [3.63, 3.8) is 0 Å². The van der Waals surface area contributed by atoms with Crippen LogP contribution in [0.2, 0.25) is 0 Å². The third-order valence-corrected chi connectivity index (χ3v) is 5.99. The summed E-state index contributed by atoms with van der Waals surface area (Å²) in [5.41, 5.74) is 1.25. The maximum absolute atomic E-state index is 12.3. The van der Waals surface area contributed by atoms with Gasteiger partial charge in [0.15, 0.2) is 6.61 Å². The van der Waals surface area contributed by atoms with Gasteiger partial charge in [0.25, 0.3) is 5.91 Å². The number of anilines is 1. The van der Waals surface area contributed by atoms with Crippen molar-refractivity contribution in [1.29, 1.82) is 0 Å². The lowest BCUT2D eigenvalue weighted by atomic mass is 9.97. The maximum Gasteiger partial charge on any atom is 0.313 e. The SMILES string of the molecule is CCC(C(=O)OCC(=O)Nc1ccc(S(=O)(=O)N(C)C)cc1)c1ccccc1. The van der Waals surface area contributed by atoms with Crippen LogP contribution in [-0.2, 0) is 24.3 Å². The van der Waals surface area contributed by atoms with Gasteiger partial charge in [-0.05, 0) is 36.2 Å². The fraction of sp³-hybridized carbons (Fsp3) is 0.300. The Hall–Kier alpha value is -2.71. The molecule has 0 heterocycles. The van der Waals surface area contributed by atoms with E-state index in [-0.39, 0.29) is 4.90 Å². The summed E-state index contributed by atoms with van der Waals surface area (Å²) >= 11 is 0. The first-order valence-electron chi connectivity index (χ1n) is 8.79. The minimum Gasteiger partial charge on any atom is -0.455 e. The monoisotopic (exact) mass is 404 g/mol. The van der Waals surface area contributed by atoms with Crippen LogP contribution in [0, 0.1) is 0 Å². The summed E-state index contributed by atoms with van der Waals surface area (Å²) in [6.07, 6.45) is 0.562. The van der Waals surface area contributed by atoms with Gasteiger partial charge in [-0.1, -0.05) is 37.3 Å². The molecule has 0 aliphatic heterocycles. The van der Waals surface area contributed by atoms with Crippen LogP contribution >= 0.6 is 0 Å². The van der Waals surface area contributed by atoms with E-state index in [9.17, 15) is 18.0 Å². The molecule has 7 nitrogen and oxygen atoms in total. The molecule has 0 fully saturated rings. The topological polar surface area (TPSA) is 92.8 Å². The van der Waals surface area contributed by atoms with Crippen molar-refractivity contribution in [3.05, 3.63) is 60.2 Å². The van der Waals surface area contributed by atoms with E-state index in [4.69, 9.17) is 4.74 Å². The van der Waals surface area contributed by atoms with E-state index < -0.39 is 34.4 Å². The average Bonchev–Trinajstić information content (AvgIpc) is 2.68. The van der Waals surface area contributed by atoms with Crippen molar-refractivity contribution in [1.82, 2.24) is 4.31 Å². The maximum atomic E-state index is 12.3. The van der Waals surface area contributed by atoms with E-state index in [0.717, 1.165) is 9.87 Å². The molecule has 0 bridgehead atoms. The number of carbonyl (C=O) groups is 2. The number of nitrogens with zero attached hydrogens (tertiary/aromatic N) is 1. The summed E-state index contributed by atoms with van der Waals surface area (Å²) in [6, 6.07) is 15.0. The van der Waals surface area contributed by atoms with Crippen LogP contribution in [0.4, 0.5) is 5.69 Å². The normalized spacial score (nSPS) is 12.4. The number of amides is 1. The first kappa shape index (κ1) is 21.6. The fourth-order valence-corrected chi connectivity index (χ4v) is 3.48. The van der Waals surface area contributed by atoms with Gasteiger partial charge < -0.3 is 10.1 Å². The molecule has 1 unspecified atom stereocenters. The van der Waals surface area contributed by atoms with E-state index in [0.29, 0.717) is 12.1 Å². The molecule has 8 heteroatoms. The quantitative estimate of drug-likeness (QED) is 0.683. The van der Waals surface area contributed by atoms with Gasteiger partial charge >= 0.3 is 5.97 Å². The molecular weight excluding hydrogens is 380 g/mol. The predicted octanol–water partition coefficient (Wildman–Crippen LogP) is 2.61. The zero-order valence-electron chi connectivity index (χ0n) is 16.1. The minimum atomic E-state index is -3.53. The molecule has 1 amide bonds. The molecule has 0 spiro atoms. The second-order valence-electron chi connectivity index (χ2n) is 6.34. The van der Waals surface area contributed by atoms with Crippen molar-refractivity contribution in [2.45, 2.75) is 24.2 Å². The van der Waals surface area contributed by atoms with E-state index in [1.54, 1.807) is 0 Å². The molecule has 2 aromatic carbocycles. The van der Waals surface area contributed by atoms with Crippen molar-refractivity contribution in [2.24, 2.45) is 0 Å². The Morgan fingerprint density at radius 2 is 1.64 bits per heavy atom. The summed E-state index contributed by atoms with van der Waals surface area (Å²) in [5, 5.41) is 2.58. The Bertz CT molecular complexity index is 909. The molecule has 0 radical (unpaired) electrons. The molecular formula is C20H24N2O5S. The van der Waals surface area contributed by atoms with Gasteiger partial charge in [0.2, 0.25) is 10.0 Å². The van der Waals surface area contributed by atoms with Crippen LogP contribution in [0.5, 0.6) is 0 Å². The van der Waals surface area contributed by atoms with E-state index in [1.165, 1.54) is 38.4 Å². The highest BCUT2D eigenvalue weighted by Crippen LogP contribution is 2.21. The number of hydrogen-bond donors (Lipinski definition) is 1. The van der Waals surface area contributed by atoms with Gasteiger partial charge in [0.05, 0.1) is 10.8 Å². The standard InChI is InChI=1S/C20H24N2O5S/c1-4-18(15-8-6-5-7-9-15)20(24)27-14-19(23)21-16-10-12-17(13-11-16)28(25,26)22(2)3/h5-13,18H,4,14H2,1-3H3,(H,21,23). The van der Waals surface area contributed by atoms with Crippen molar-refractivity contribution < 1.29 is 22.7 Å². The summed E-state index contributed by atoms with van der Waals surface area (Å²) in [5.74, 6) is -1.39. The third kappa shape index (κ3) is 5.40. The predicted molar refractivity (Wildman–Crippen MR) is 106 cm³/mol. The van der Waals surface area contributed by atoms with Gasteiger partial charge in [0.1, 0.15) is 0 Å². The zero-order chi connectivity index (χ0) is 20.7. The highest BCUT2D eigenvalue weighted by molar-refractivity contribution is 7.89. The lowest BCUT2D eigenvalue weighted by molar-refractivity contribution is -0.149. The van der Waals surface area contributed by atoms with Crippen LogP contribution in [0.1, 0.15) is 24.8 Å². The molecule has 150 valence electrons. The molecule has 0 aromatic heterocycles. The number of esters is 1. The summed E-state index contributed by atoms with van der Waals surface area (Å²) in [6.45, 7) is 1.46. The van der Waals surface area contributed by atoms with Crippen LogP contribution in [-0.4, -0.2) is 45.3 Å². The first-order valence-corrected chi connectivity index (χ1v) is 10.2. The molecule has 0 saturated heterocycles. The van der Waals surface area contributed by atoms with Gasteiger partial charge in [-0.3, -0.25) is 9.59 Å². The Kier molecular flexibility index (Phi) is 7.31. The van der Waals surface area contributed by atoms with Crippen LogP contribution in [0.15, 0.2) is 59.5 Å². The second-order valence-corrected chi connectivity index (χ2v) is 8.49. The molecule has 28 heavy (non-hydrogen) atoms. The fourth-order valence-electron chi connectivity index (χ4n) is 2.58. The van der Waals surface area contributed by atoms with E-state index in [2.05, 4.69) is 5.32 Å². The molecule has 2 aromatic rings. The molecule has 2 rings (SSSR count). The van der Waals surface area contributed by atoms with Crippen LogP contribution in [0.3, 0.4) is 0 Å². The molecule has 0 aliphatic rings. The Balaban J connectivity index is 1.93. The van der Waals surface area contributed by atoms with Gasteiger partial charge in [-0.25, -0.2) is 12.7 Å². The molecule has 1 N–H and O–H groups in total. The Morgan fingerprint density at radius 1 is 1.04 bits per heavy atom. The Labute approximate surface area is 165 Å². The van der Waals surface area contributed by atoms with Crippen molar-refractivity contribution in [2.75, 3.05) is 26.0 Å². The lowest BCUT2D eigenvalue weighted by Crippen LogP contribution is -2.24. The highest BCUT2D eigenvalue weighted by Gasteiger charge is 2.21.